The van der Waals surface area contributed by atoms with Crippen molar-refractivity contribution in [1.82, 2.24) is 4.90 Å². The van der Waals surface area contributed by atoms with E-state index in [2.05, 4.69) is 0 Å². The molecule has 0 aliphatic carbocycles. The van der Waals surface area contributed by atoms with Crippen LogP contribution in [0.2, 0.25) is 0 Å². The second-order valence-corrected chi connectivity index (χ2v) is 7.70. The summed E-state index contributed by atoms with van der Waals surface area (Å²) in [4.78, 5) is 24.7. The van der Waals surface area contributed by atoms with Gasteiger partial charge >= 0.3 is 5.69 Å². The molecule has 1 amide bonds. The zero-order chi connectivity index (χ0) is 15.7. The molecule has 0 fully saturated rings. The minimum atomic E-state index is -3.52. The molecule has 1 aromatic heterocycles. The first kappa shape index (κ1) is 16.4. The number of hydrogen-bond donors (Lipinski definition) is 0. The van der Waals surface area contributed by atoms with Crippen LogP contribution in [0.5, 0.6) is 0 Å². The molecule has 8 nitrogen and oxygen atoms in total. The Hall–Kier alpha value is -1.68. The number of anilines is 1. The molecule has 0 radical (unpaired) electrons. The molecule has 1 rings (SSSR count). The van der Waals surface area contributed by atoms with E-state index in [-0.39, 0.29) is 27.3 Å². The highest BCUT2D eigenvalue weighted by molar-refractivity contribution is 7.92. The molecule has 10 heteroatoms. The molecule has 0 bridgehead atoms. The van der Waals surface area contributed by atoms with E-state index in [9.17, 15) is 23.3 Å². The monoisotopic (exact) mass is 321 g/mol. The minimum absolute atomic E-state index is 0.0719. The fraction of sp³-hybridized carbons (Fsp3) is 0.500. The average Bonchev–Trinajstić information content (AvgIpc) is 2.72. The van der Waals surface area contributed by atoms with Crippen LogP contribution in [-0.2, 0) is 14.6 Å². The molecule has 0 saturated heterocycles. The maximum absolute atomic E-state index is 11.6. The summed E-state index contributed by atoms with van der Waals surface area (Å²) in [6, 6.07) is 1.02. The summed E-state index contributed by atoms with van der Waals surface area (Å²) in [5, 5.41) is 11.1. The van der Waals surface area contributed by atoms with Crippen LogP contribution in [0.3, 0.4) is 0 Å². The van der Waals surface area contributed by atoms with Crippen LogP contribution < -0.4 is 4.90 Å². The number of carbonyl (C=O) groups excluding carboxylic acids is 1. The molecule has 0 aromatic carbocycles. The summed E-state index contributed by atoms with van der Waals surface area (Å²) in [5.74, 6) is -0.240. The average molecular weight is 321 g/mol. The normalized spacial score (nSPS) is 11.2. The van der Waals surface area contributed by atoms with Crippen LogP contribution in [0.4, 0.5) is 10.7 Å². The van der Waals surface area contributed by atoms with Crippen molar-refractivity contribution >= 4 is 37.8 Å². The molecule has 0 aliphatic heterocycles. The lowest BCUT2D eigenvalue weighted by Crippen LogP contribution is -2.34. The van der Waals surface area contributed by atoms with Crippen molar-refractivity contribution < 1.29 is 18.1 Å². The molecule has 1 heterocycles. The van der Waals surface area contributed by atoms with Crippen molar-refractivity contribution in [1.29, 1.82) is 0 Å². The number of carbonyl (C=O) groups is 1. The molecule has 0 saturated carbocycles. The van der Waals surface area contributed by atoms with Gasteiger partial charge in [-0.15, -0.1) is 0 Å². The van der Waals surface area contributed by atoms with E-state index in [4.69, 9.17) is 0 Å². The lowest BCUT2D eigenvalue weighted by atomic mass is 10.4. The summed E-state index contributed by atoms with van der Waals surface area (Å²) >= 11 is 0.782. The molecule has 0 aliphatic rings. The number of rotatable bonds is 5. The number of likely N-dealkylation sites (N-methyl/N-ethyl adjacent to an activating group) is 2. The smallest absolute Gasteiger partial charge is 0.305 e. The van der Waals surface area contributed by atoms with Crippen LogP contribution in [0.25, 0.3) is 0 Å². The fourth-order valence-corrected chi connectivity index (χ4v) is 3.34. The van der Waals surface area contributed by atoms with E-state index in [1.807, 2.05) is 0 Å². The predicted molar refractivity (Wildman–Crippen MR) is 76.0 cm³/mol. The highest BCUT2D eigenvalue weighted by Gasteiger charge is 2.27. The third kappa shape index (κ3) is 3.67. The van der Waals surface area contributed by atoms with E-state index < -0.39 is 14.8 Å². The standard InChI is InChI=1S/C10H15N3O5S2/c1-11(2)8(14)6-12(3)10-7(13(15)16)5-9(19-10)20(4,17)18/h5H,6H2,1-4H3. The number of thiophene rings is 1. The molecule has 0 unspecified atom stereocenters. The Morgan fingerprint density at radius 2 is 1.95 bits per heavy atom. The van der Waals surface area contributed by atoms with Gasteiger partial charge in [-0.25, -0.2) is 8.42 Å². The zero-order valence-electron chi connectivity index (χ0n) is 11.5. The van der Waals surface area contributed by atoms with E-state index in [0.29, 0.717) is 0 Å². The molecule has 0 atom stereocenters. The Labute approximate surface area is 120 Å². The first-order valence-electron chi connectivity index (χ1n) is 5.43. The number of nitrogens with zero attached hydrogens (tertiary/aromatic N) is 3. The summed E-state index contributed by atoms with van der Waals surface area (Å²) in [7, 11) is 1.12. The van der Waals surface area contributed by atoms with Gasteiger partial charge in [-0.2, -0.15) is 0 Å². The Balaban J connectivity index is 3.19. The summed E-state index contributed by atoms with van der Waals surface area (Å²) in [6.07, 6.45) is 0.983. The van der Waals surface area contributed by atoms with E-state index in [1.54, 1.807) is 14.1 Å². The molecular weight excluding hydrogens is 306 g/mol. The predicted octanol–water partition coefficient (Wildman–Crippen LogP) is 0.584. The van der Waals surface area contributed by atoms with Gasteiger partial charge in [-0.05, 0) is 0 Å². The Bertz CT molecular complexity index is 635. The second-order valence-electron chi connectivity index (χ2n) is 4.43. The lowest BCUT2D eigenvalue weighted by Gasteiger charge is -2.18. The molecule has 112 valence electrons. The Morgan fingerprint density at radius 3 is 2.35 bits per heavy atom. The molecule has 1 aromatic rings. The third-order valence-corrected chi connectivity index (χ3v) is 5.49. The van der Waals surface area contributed by atoms with Gasteiger partial charge in [0.05, 0.1) is 11.5 Å². The van der Waals surface area contributed by atoms with Crippen molar-refractivity contribution in [2.45, 2.75) is 4.21 Å². The van der Waals surface area contributed by atoms with Crippen LogP contribution in [-0.4, -0.2) is 58.1 Å². The molecule has 0 spiro atoms. The number of hydrogen-bond acceptors (Lipinski definition) is 7. The summed E-state index contributed by atoms with van der Waals surface area (Å²) < 4.78 is 22.8. The van der Waals surface area contributed by atoms with Crippen LogP contribution in [0.1, 0.15) is 0 Å². The van der Waals surface area contributed by atoms with Crippen molar-refractivity contribution in [3.8, 4) is 0 Å². The quantitative estimate of drug-likeness (QED) is 0.581. The van der Waals surface area contributed by atoms with Crippen LogP contribution >= 0.6 is 11.3 Å². The largest absolute Gasteiger partial charge is 0.352 e. The van der Waals surface area contributed by atoms with Crippen molar-refractivity contribution in [2.24, 2.45) is 0 Å². The van der Waals surface area contributed by atoms with Gasteiger partial charge in [0.15, 0.2) is 14.8 Å². The summed E-state index contributed by atoms with van der Waals surface area (Å²) in [6.45, 7) is -0.0719. The van der Waals surface area contributed by atoms with Crippen LogP contribution in [0.15, 0.2) is 10.3 Å². The number of amides is 1. The lowest BCUT2D eigenvalue weighted by molar-refractivity contribution is -0.383. The van der Waals surface area contributed by atoms with Crippen molar-refractivity contribution in [3.63, 3.8) is 0 Å². The number of nitro groups is 1. The van der Waals surface area contributed by atoms with E-state index >= 15 is 0 Å². The SMILES string of the molecule is CN(C)C(=O)CN(C)c1sc(S(C)(=O)=O)cc1[N+](=O)[O-]. The van der Waals surface area contributed by atoms with E-state index in [0.717, 1.165) is 23.7 Å². The first-order chi connectivity index (χ1) is 9.04. The Morgan fingerprint density at radius 1 is 1.40 bits per heavy atom. The maximum atomic E-state index is 11.6. The highest BCUT2D eigenvalue weighted by atomic mass is 32.2. The first-order valence-corrected chi connectivity index (χ1v) is 8.14. The van der Waals surface area contributed by atoms with Gasteiger partial charge in [0.25, 0.3) is 0 Å². The third-order valence-electron chi connectivity index (χ3n) is 2.45. The number of sulfone groups is 1. The van der Waals surface area contributed by atoms with Gasteiger partial charge in [0.2, 0.25) is 5.91 Å². The molecular formula is C10H15N3O5S2. The van der Waals surface area contributed by atoms with Crippen LogP contribution in [0, 0.1) is 10.1 Å². The van der Waals surface area contributed by atoms with Crippen molar-refractivity contribution in [2.75, 3.05) is 38.8 Å². The van der Waals surface area contributed by atoms with Gasteiger partial charge in [-0.1, -0.05) is 11.3 Å². The zero-order valence-corrected chi connectivity index (χ0v) is 13.1. The maximum Gasteiger partial charge on any atom is 0.305 e. The Kier molecular flexibility index (Phi) is 4.71. The van der Waals surface area contributed by atoms with Gasteiger partial charge in [0, 0.05) is 33.5 Å². The van der Waals surface area contributed by atoms with Crippen molar-refractivity contribution in [3.05, 3.63) is 16.2 Å². The van der Waals surface area contributed by atoms with Gasteiger partial charge in [-0.3, -0.25) is 14.9 Å². The molecule has 0 N–H and O–H groups in total. The topological polar surface area (TPSA) is 101 Å². The minimum Gasteiger partial charge on any atom is -0.352 e. The second kappa shape index (κ2) is 5.75. The molecule has 20 heavy (non-hydrogen) atoms. The highest BCUT2D eigenvalue weighted by Crippen LogP contribution is 2.39. The fourth-order valence-electron chi connectivity index (χ4n) is 1.35. The summed E-state index contributed by atoms with van der Waals surface area (Å²) in [5.41, 5.74) is -0.315. The van der Waals surface area contributed by atoms with E-state index in [1.165, 1.54) is 16.8 Å². The van der Waals surface area contributed by atoms with Gasteiger partial charge < -0.3 is 9.80 Å². The van der Waals surface area contributed by atoms with Gasteiger partial charge in [0.1, 0.15) is 4.21 Å².